The van der Waals surface area contributed by atoms with E-state index in [1.54, 1.807) is 0 Å². The zero-order chi connectivity index (χ0) is 24.7. The van der Waals surface area contributed by atoms with E-state index in [9.17, 15) is 8.78 Å². The number of ether oxygens (including phenoxy) is 1. The highest BCUT2D eigenvalue weighted by molar-refractivity contribution is 5.65. The van der Waals surface area contributed by atoms with E-state index >= 15 is 0 Å². The largest absolute Gasteiger partial charge is 0.488 e. The Kier molecular flexibility index (Phi) is 8.89. The second-order valence-electron chi connectivity index (χ2n) is 11.3. The van der Waals surface area contributed by atoms with Gasteiger partial charge in [-0.3, -0.25) is 0 Å². The predicted octanol–water partition coefficient (Wildman–Crippen LogP) is 10.2. The second-order valence-corrected chi connectivity index (χ2v) is 11.3. The second kappa shape index (κ2) is 11.9. The molecule has 2 bridgehead atoms. The van der Waals surface area contributed by atoms with Crippen LogP contribution in [0.25, 0.3) is 11.1 Å². The molecule has 3 saturated carbocycles. The maximum Gasteiger partial charge on any atom is 0.190 e. The van der Waals surface area contributed by atoms with Gasteiger partial charge in [-0.2, -0.15) is 0 Å². The maximum absolute atomic E-state index is 14.7. The molecule has 5 rings (SSSR count). The molecular weight excluding hydrogens is 438 g/mol. The number of halogens is 2. The Bertz CT molecular complexity index is 901. The van der Waals surface area contributed by atoms with Crippen molar-refractivity contribution in [2.24, 2.45) is 5.41 Å². The molecule has 3 aliphatic rings. The zero-order valence-electron chi connectivity index (χ0n) is 21.9. The SMILES string of the molecule is CCCCCCCOc1c(F)cc(-c2ccc(C34CCC(CCCCC)(CC3)CC4)cc2)cc1F. The van der Waals surface area contributed by atoms with Crippen molar-refractivity contribution in [2.75, 3.05) is 6.61 Å². The fourth-order valence-corrected chi connectivity index (χ4v) is 6.58. The van der Waals surface area contributed by atoms with E-state index < -0.39 is 11.6 Å². The van der Waals surface area contributed by atoms with Gasteiger partial charge in [0, 0.05) is 0 Å². The predicted molar refractivity (Wildman–Crippen MR) is 142 cm³/mol. The van der Waals surface area contributed by atoms with Gasteiger partial charge in [0.05, 0.1) is 6.61 Å². The van der Waals surface area contributed by atoms with Crippen LogP contribution in [0.5, 0.6) is 5.75 Å². The number of hydrogen-bond acceptors (Lipinski definition) is 1. The molecule has 3 fully saturated rings. The van der Waals surface area contributed by atoms with Crippen molar-refractivity contribution in [2.45, 2.75) is 116 Å². The summed E-state index contributed by atoms with van der Waals surface area (Å²) in [6.45, 7) is 4.81. The molecule has 0 aromatic heterocycles. The summed E-state index contributed by atoms with van der Waals surface area (Å²) in [5.41, 5.74) is 3.74. The summed E-state index contributed by atoms with van der Waals surface area (Å²) in [5, 5.41) is 0. The van der Waals surface area contributed by atoms with Crippen LogP contribution < -0.4 is 4.74 Å². The molecule has 1 nitrogen and oxygen atoms in total. The summed E-state index contributed by atoms with van der Waals surface area (Å²) in [5.74, 6) is -1.48. The van der Waals surface area contributed by atoms with Crippen molar-refractivity contribution in [3.05, 3.63) is 53.6 Å². The van der Waals surface area contributed by atoms with E-state index in [1.807, 2.05) is 12.1 Å². The number of hydrogen-bond donors (Lipinski definition) is 0. The van der Waals surface area contributed by atoms with Crippen molar-refractivity contribution >= 4 is 0 Å². The minimum atomic E-state index is -0.616. The maximum atomic E-state index is 14.7. The molecule has 35 heavy (non-hydrogen) atoms. The lowest BCUT2D eigenvalue weighted by Gasteiger charge is -2.54. The number of fused-ring (bicyclic) bond motifs is 3. The van der Waals surface area contributed by atoms with Gasteiger partial charge in [0.25, 0.3) is 0 Å². The molecule has 0 radical (unpaired) electrons. The van der Waals surface area contributed by atoms with Gasteiger partial charge in [0.15, 0.2) is 17.4 Å². The molecule has 3 heteroatoms. The van der Waals surface area contributed by atoms with Gasteiger partial charge < -0.3 is 4.74 Å². The number of benzene rings is 2. The van der Waals surface area contributed by atoms with Gasteiger partial charge in [0.2, 0.25) is 0 Å². The Hall–Kier alpha value is -1.90. The van der Waals surface area contributed by atoms with Gasteiger partial charge in [0.1, 0.15) is 0 Å². The fraction of sp³-hybridized carbons (Fsp3) is 0.625. The smallest absolute Gasteiger partial charge is 0.190 e. The minimum absolute atomic E-state index is 0.244. The highest BCUT2D eigenvalue weighted by Crippen LogP contribution is 2.59. The molecule has 3 aliphatic carbocycles. The Morgan fingerprint density at radius 1 is 0.686 bits per heavy atom. The van der Waals surface area contributed by atoms with E-state index in [0.717, 1.165) is 24.8 Å². The topological polar surface area (TPSA) is 9.23 Å². The lowest BCUT2D eigenvalue weighted by molar-refractivity contribution is 0.0305. The van der Waals surface area contributed by atoms with Crippen LogP contribution in [-0.2, 0) is 5.41 Å². The van der Waals surface area contributed by atoms with Crippen LogP contribution >= 0.6 is 0 Å². The molecule has 2 aromatic rings. The highest BCUT2D eigenvalue weighted by atomic mass is 19.1. The molecule has 0 atom stereocenters. The lowest BCUT2D eigenvalue weighted by atomic mass is 9.51. The van der Waals surface area contributed by atoms with Gasteiger partial charge in [-0.15, -0.1) is 0 Å². The summed E-state index contributed by atoms with van der Waals surface area (Å²) >= 11 is 0. The first-order chi connectivity index (χ1) is 17.0. The van der Waals surface area contributed by atoms with Gasteiger partial charge >= 0.3 is 0 Å². The van der Waals surface area contributed by atoms with Crippen LogP contribution in [0.2, 0.25) is 0 Å². The Morgan fingerprint density at radius 2 is 1.26 bits per heavy atom. The van der Waals surface area contributed by atoms with E-state index in [-0.39, 0.29) is 5.75 Å². The molecule has 0 unspecified atom stereocenters. The Labute approximate surface area is 211 Å². The van der Waals surface area contributed by atoms with Gasteiger partial charge in [-0.05, 0) is 91.0 Å². The summed E-state index contributed by atoms with van der Waals surface area (Å²) in [6, 6.07) is 11.3. The molecule has 2 aromatic carbocycles. The summed E-state index contributed by atoms with van der Waals surface area (Å²) in [7, 11) is 0. The normalized spacial score (nSPS) is 23.5. The molecule has 0 amide bonds. The van der Waals surface area contributed by atoms with Crippen LogP contribution in [0.15, 0.2) is 36.4 Å². The first kappa shape index (κ1) is 26.2. The first-order valence-corrected chi connectivity index (χ1v) is 14.2. The third-order valence-electron chi connectivity index (χ3n) is 9.04. The van der Waals surface area contributed by atoms with Crippen LogP contribution in [0.1, 0.15) is 116 Å². The van der Waals surface area contributed by atoms with Crippen molar-refractivity contribution < 1.29 is 13.5 Å². The van der Waals surface area contributed by atoms with Crippen molar-refractivity contribution in [3.8, 4) is 16.9 Å². The Balaban J connectivity index is 1.38. The molecule has 0 aliphatic heterocycles. The van der Waals surface area contributed by atoms with E-state index in [2.05, 4.69) is 26.0 Å². The van der Waals surface area contributed by atoms with E-state index in [0.29, 0.717) is 23.0 Å². The number of rotatable bonds is 13. The Morgan fingerprint density at radius 3 is 1.86 bits per heavy atom. The zero-order valence-corrected chi connectivity index (χ0v) is 21.9. The average Bonchev–Trinajstić information content (AvgIpc) is 2.88. The van der Waals surface area contributed by atoms with Crippen molar-refractivity contribution in [3.63, 3.8) is 0 Å². The summed E-state index contributed by atoms with van der Waals surface area (Å²) < 4.78 is 34.9. The lowest BCUT2D eigenvalue weighted by Crippen LogP contribution is -2.44. The highest BCUT2D eigenvalue weighted by Gasteiger charge is 2.48. The van der Waals surface area contributed by atoms with E-state index in [4.69, 9.17) is 4.74 Å². The van der Waals surface area contributed by atoms with Crippen LogP contribution in [-0.4, -0.2) is 6.61 Å². The summed E-state index contributed by atoms with van der Waals surface area (Å²) in [4.78, 5) is 0. The van der Waals surface area contributed by atoms with Gasteiger partial charge in [-0.1, -0.05) is 83.1 Å². The van der Waals surface area contributed by atoms with Crippen molar-refractivity contribution in [1.82, 2.24) is 0 Å². The number of unbranched alkanes of at least 4 members (excludes halogenated alkanes) is 6. The standard InChI is InChI=1S/C32H44F2O/c1-3-5-7-8-10-22-35-30-28(33)23-26(24-29(30)34)25-11-13-27(14-12-25)32-19-16-31(17-20-32,18-21-32)15-9-6-4-2/h11-14,23-24H,3-10,15-22H2,1-2H3. The molecule has 0 N–H and O–H groups in total. The minimum Gasteiger partial charge on any atom is -0.488 e. The molecule has 0 spiro atoms. The van der Waals surface area contributed by atoms with Crippen molar-refractivity contribution in [1.29, 1.82) is 0 Å². The fourth-order valence-electron chi connectivity index (χ4n) is 6.58. The molecule has 192 valence electrons. The quantitative estimate of drug-likeness (QED) is 0.258. The molecule has 0 heterocycles. The third-order valence-corrected chi connectivity index (χ3v) is 9.04. The monoisotopic (exact) mass is 482 g/mol. The van der Waals surface area contributed by atoms with Crippen LogP contribution in [0.4, 0.5) is 8.78 Å². The average molecular weight is 483 g/mol. The van der Waals surface area contributed by atoms with Crippen LogP contribution in [0.3, 0.4) is 0 Å². The van der Waals surface area contributed by atoms with Crippen LogP contribution in [0, 0.1) is 17.0 Å². The molecular formula is C32H44F2O. The third kappa shape index (κ3) is 6.09. The summed E-state index contributed by atoms with van der Waals surface area (Å²) in [6.07, 6.45) is 18.7. The first-order valence-electron chi connectivity index (χ1n) is 14.2. The van der Waals surface area contributed by atoms with Gasteiger partial charge in [-0.25, -0.2) is 8.78 Å². The molecule has 0 saturated heterocycles. The van der Waals surface area contributed by atoms with E-state index in [1.165, 1.54) is 94.7 Å².